The largest absolute Gasteiger partial charge is 0.311 e. The van der Waals surface area contributed by atoms with E-state index in [1.54, 1.807) is 34.9 Å². The van der Waals surface area contributed by atoms with Crippen LogP contribution in [0.1, 0.15) is 27.2 Å². The van der Waals surface area contributed by atoms with Crippen LogP contribution in [0.15, 0.2) is 28.0 Å². The van der Waals surface area contributed by atoms with Gasteiger partial charge in [0, 0.05) is 30.7 Å². The number of hydrogen-bond acceptors (Lipinski definition) is 4. The fourth-order valence-electron chi connectivity index (χ4n) is 2.26. The van der Waals surface area contributed by atoms with Crippen molar-refractivity contribution in [1.82, 2.24) is 4.72 Å². The molecule has 0 atom stereocenters. The van der Waals surface area contributed by atoms with E-state index in [9.17, 15) is 13.2 Å². The minimum atomic E-state index is -3.54. The van der Waals surface area contributed by atoms with Gasteiger partial charge in [-0.2, -0.15) is 0 Å². The highest BCUT2D eigenvalue weighted by molar-refractivity contribution is 7.99. The highest BCUT2D eigenvalue weighted by Crippen LogP contribution is 2.36. The monoisotopic (exact) mass is 342 g/mol. The standard InChI is InChI=1S/C15H22N2O3S2/c1-11(2)6-7-16-22(19,20)13-4-5-15-14(10-13)17(12(3)18)8-9-21-15/h4-5,10-11,16H,6-9H2,1-3H3. The summed E-state index contributed by atoms with van der Waals surface area (Å²) in [7, 11) is -3.54. The van der Waals surface area contributed by atoms with Crippen molar-refractivity contribution in [3.05, 3.63) is 18.2 Å². The molecule has 1 aromatic rings. The van der Waals surface area contributed by atoms with Crippen LogP contribution in [0.2, 0.25) is 0 Å². The van der Waals surface area contributed by atoms with Crippen molar-refractivity contribution in [2.24, 2.45) is 5.92 Å². The Hall–Kier alpha value is -1.05. The molecule has 1 amide bonds. The summed E-state index contributed by atoms with van der Waals surface area (Å²) in [6.07, 6.45) is 0.791. The minimum Gasteiger partial charge on any atom is -0.311 e. The quantitative estimate of drug-likeness (QED) is 0.893. The van der Waals surface area contributed by atoms with Gasteiger partial charge in [0.15, 0.2) is 0 Å². The highest BCUT2D eigenvalue weighted by atomic mass is 32.2. The Bertz CT molecular complexity index is 657. The number of amides is 1. The van der Waals surface area contributed by atoms with Gasteiger partial charge in [-0.1, -0.05) is 13.8 Å². The van der Waals surface area contributed by atoms with Crippen molar-refractivity contribution in [3.63, 3.8) is 0 Å². The first-order valence-corrected chi connectivity index (χ1v) is 9.83. The molecule has 2 rings (SSSR count). The number of thioether (sulfide) groups is 1. The molecule has 1 heterocycles. The van der Waals surface area contributed by atoms with Gasteiger partial charge in [0.05, 0.1) is 10.6 Å². The SMILES string of the molecule is CC(=O)N1CCSc2ccc(S(=O)(=O)NCCC(C)C)cc21. The molecule has 0 spiro atoms. The molecule has 0 aromatic heterocycles. The Labute approximate surface area is 136 Å². The van der Waals surface area contributed by atoms with Gasteiger partial charge < -0.3 is 4.90 Å². The van der Waals surface area contributed by atoms with E-state index in [0.29, 0.717) is 24.7 Å². The van der Waals surface area contributed by atoms with Crippen LogP contribution in [0.4, 0.5) is 5.69 Å². The molecule has 0 fully saturated rings. The molecular formula is C15H22N2O3S2. The van der Waals surface area contributed by atoms with Gasteiger partial charge in [-0.05, 0) is 30.5 Å². The number of rotatable bonds is 5. The van der Waals surface area contributed by atoms with Crippen molar-refractivity contribution >= 4 is 33.4 Å². The summed E-state index contributed by atoms with van der Waals surface area (Å²) >= 11 is 1.64. The molecule has 122 valence electrons. The Morgan fingerprint density at radius 2 is 2.14 bits per heavy atom. The maximum absolute atomic E-state index is 12.4. The van der Waals surface area contributed by atoms with Gasteiger partial charge in [-0.25, -0.2) is 13.1 Å². The molecular weight excluding hydrogens is 320 g/mol. The zero-order valence-electron chi connectivity index (χ0n) is 13.1. The number of fused-ring (bicyclic) bond motifs is 1. The number of carbonyl (C=O) groups is 1. The summed E-state index contributed by atoms with van der Waals surface area (Å²) in [5.74, 6) is 1.20. The van der Waals surface area contributed by atoms with Crippen LogP contribution in [-0.4, -0.2) is 33.2 Å². The van der Waals surface area contributed by atoms with E-state index in [1.807, 2.05) is 0 Å². The third kappa shape index (κ3) is 4.02. The molecule has 0 saturated heterocycles. The van der Waals surface area contributed by atoms with Crippen molar-refractivity contribution in [1.29, 1.82) is 0 Å². The van der Waals surface area contributed by atoms with E-state index in [-0.39, 0.29) is 10.8 Å². The van der Waals surface area contributed by atoms with Gasteiger partial charge in [0.25, 0.3) is 0 Å². The highest BCUT2D eigenvalue weighted by Gasteiger charge is 2.23. The van der Waals surface area contributed by atoms with Gasteiger partial charge in [0.1, 0.15) is 0 Å². The molecule has 7 heteroatoms. The first kappa shape index (κ1) is 17.3. The third-order valence-corrected chi connectivity index (χ3v) is 6.00. The van der Waals surface area contributed by atoms with Gasteiger partial charge in [0.2, 0.25) is 15.9 Å². The lowest BCUT2D eigenvalue weighted by molar-refractivity contribution is -0.116. The van der Waals surface area contributed by atoms with E-state index < -0.39 is 10.0 Å². The van der Waals surface area contributed by atoms with Gasteiger partial charge in [-0.15, -0.1) is 11.8 Å². The molecule has 22 heavy (non-hydrogen) atoms. The topological polar surface area (TPSA) is 66.5 Å². The summed E-state index contributed by atoms with van der Waals surface area (Å²) in [5.41, 5.74) is 0.690. The molecule has 0 radical (unpaired) electrons. The van der Waals surface area contributed by atoms with Crippen LogP contribution in [0.25, 0.3) is 0 Å². The predicted molar refractivity (Wildman–Crippen MR) is 89.8 cm³/mol. The number of nitrogens with zero attached hydrogens (tertiary/aromatic N) is 1. The zero-order valence-corrected chi connectivity index (χ0v) is 14.8. The predicted octanol–water partition coefficient (Wildman–Crippen LogP) is 2.47. The van der Waals surface area contributed by atoms with Gasteiger partial charge in [-0.3, -0.25) is 4.79 Å². The van der Waals surface area contributed by atoms with Crippen molar-refractivity contribution < 1.29 is 13.2 Å². The van der Waals surface area contributed by atoms with Crippen molar-refractivity contribution in [2.45, 2.75) is 37.0 Å². The lowest BCUT2D eigenvalue weighted by atomic mass is 10.1. The average Bonchev–Trinajstić information content (AvgIpc) is 2.45. The second kappa shape index (κ2) is 7.02. The number of sulfonamides is 1. The molecule has 0 unspecified atom stereocenters. The van der Waals surface area contributed by atoms with Crippen molar-refractivity contribution in [3.8, 4) is 0 Å². The molecule has 0 bridgehead atoms. The zero-order chi connectivity index (χ0) is 16.3. The number of carbonyl (C=O) groups excluding carboxylic acids is 1. The summed E-state index contributed by atoms with van der Waals surface area (Å²) in [4.78, 5) is 14.5. The van der Waals surface area contributed by atoms with E-state index >= 15 is 0 Å². The van der Waals surface area contributed by atoms with Gasteiger partial charge >= 0.3 is 0 Å². The number of anilines is 1. The lowest BCUT2D eigenvalue weighted by Crippen LogP contribution is -2.34. The maximum Gasteiger partial charge on any atom is 0.240 e. The Kier molecular flexibility index (Phi) is 5.52. The second-order valence-corrected chi connectivity index (χ2v) is 8.63. The Morgan fingerprint density at radius 1 is 1.41 bits per heavy atom. The van der Waals surface area contributed by atoms with E-state index in [2.05, 4.69) is 18.6 Å². The van der Waals surface area contributed by atoms with Crippen LogP contribution >= 0.6 is 11.8 Å². The van der Waals surface area contributed by atoms with Crippen LogP contribution in [-0.2, 0) is 14.8 Å². The van der Waals surface area contributed by atoms with Crippen LogP contribution in [0.3, 0.4) is 0 Å². The lowest BCUT2D eigenvalue weighted by Gasteiger charge is -2.28. The number of hydrogen-bond donors (Lipinski definition) is 1. The minimum absolute atomic E-state index is 0.0659. The smallest absolute Gasteiger partial charge is 0.240 e. The Morgan fingerprint density at radius 3 is 2.77 bits per heavy atom. The Balaban J connectivity index is 2.26. The normalized spacial score (nSPS) is 15.0. The third-order valence-electron chi connectivity index (χ3n) is 3.50. The molecule has 0 aliphatic carbocycles. The molecule has 1 N–H and O–H groups in total. The van der Waals surface area contributed by atoms with E-state index in [4.69, 9.17) is 0 Å². The van der Waals surface area contributed by atoms with E-state index in [0.717, 1.165) is 17.1 Å². The average molecular weight is 342 g/mol. The first-order valence-electron chi connectivity index (χ1n) is 7.36. The molecule has 5 nitrogen and oxygen atoms in total. The van der Waals surface area contributed by atoms with Crippen LogP contribution < -0.4 is 9.62 Å². The molecule has 0 saturated carbocycles. The maximum atomic E-state index is 12.4. The fraction of sp³-hybridized carbons (Fsp3) is 0.533. The first-order chi connectivity index (χ1) is 10.3. The molecule has 1 aliphatic rings. The van der Waals surface area contributed by atoms with Crippen molar-refractivity contribution in [2.75, 3.05) is 23.7 Å². The second-order valence-electron chi connectivity index (χ2n) is 5.73. The summed E-state index contributed by atoms with van der Waals surface area (Å²) < 4.78 is 27.3. The number of benzene rings is 1. The summed E-state index contributed by atoms with van der Waals surface area (Å²) in [5, 5.41) is 0. The van der Waals surface area contributed by atoms with Crippen LogP contribution in [0.5, 0.6) is 0 Å². The molecule has 1 aliphatic heterocycles. The number of nitrogens with one attached hydrogen (secondary N) is 1. The van der Waals surface area contributed by atoms with E-state index in [1.165, 1.54) is 6.92 Å². The fourth-order valence-corrected chi connectivity index (χ4v) is 4.30. The summed E-state index contributed by atoms with van der Waals surface area (Å²) in [6.45, 7) is 6.63. The molecule has 1 aromatic carbocycles. The summed E-state index contributed by atoms with van der Waals surface area (Å²) in [6, 6.07) is 4.99. The van der Waals surface area contributed by atoms with Crippen LogP contribution in [0, 0.1) is 5.92 Å².